The lowest BCUT2D eigenvalue weighted by atomic mass is 9.96. The molecule has 3 nitrogen and oxygen atoms in total. The van der Waals surface area contributed by atoms with Gasteiger partial charge in [-0.25, -0.2) is 4.39 Å². The maximum atomic E-state index is 13.9. The molecule has 144 valence electrons. The van der Waals surface area contributed by atoms with Gasteiger partial charge in [0.05, 0.1) is 6.04 Å². The normalized spacial score (nSPS) is 15.9. The Bertz CT molecular complexity index is 894. The maximum absolute atomic E-state index is 13.9. The molecule has 1 unspecified atom stereocenters. The van der Waals surface area contributed by atoms with Crippen molar-refractivity contribution >= 4 is 0 Å². The van der Waals surface area contributed by atoms with Crippen molar-refractivity contribution in [2.45, 2.75) is 12.6 Å². The molecule has 3 aromatic carbocycles. The fourth-order valence-electron chi connectivity index (χ4n) is 3.75. The first-order chi connectivity index (χ1) is 13.8. The van der Waals surface area contributed by atoms with Gasteiger partial charge in [0.2, 0.25) is 0 Å². The van der Waals surface area contributed by atoms with Gasteiger partial charge < -0.3 is 10.1 Å². The molecule has 1 fully saturated rings. The predicted octanol–water partition coefficient (Wildman–Crippen LogP) is 4.40. The fraction of sp³-hybridized carbons (Fsp3) is 0.250. The zero-order valence-corrected chi connectivity index (χ0v) is 15.9. The van der Waals surface area contributed by atoms with Crippen LogP contribution < -0.4 is 10.1 Å². The molecule has 0 aliphatic carbocycles. The highest BCUT2D eigenvalue weighted by Gasteiger charge is 2.24. The van der Waals surface area contributed by atoms with Crippen LogP contribution in [0.25, 0.3) is 0 Å². The summed E-state index contributed by atoms with van der Waals surface area (Å²) in [6.45, 7) is 4.27. The molecule has 0 spiro atoms. The molecule has 1 N–H and O–H groups in total. The molecule has 1 heterocycles. The molecular formula is C24H25FN2O. The highest BCUT2D eigenvalue weighted by molar-refractivity contribution is 5.37. The summed E-state index contributed by atoms with van der Waals surface area (Å²) < 4.78 is 20.0. The number of ether oxygens (including phenoxy) is 1. The molecule has 0 aromatic heterocycles. The quantitative estimate of drug-likeness (QED) is 0.690. The summed E-state index contributed by atoms with van der Waals surface area (Å²) in [5.74, 6) is 0.631. The molecule has 4 heteroatoms. The van der Waals surface area contributed by atoms with E-state index in [4.69, 9.17) is 4.74 Å². The minimum atomic E-state index is -0.200. The van der Waals surface area contributed by atoms with Gasteiger partial charge in [-0.3, -0.25) is 4.90 Å². The van der Waals surface area contributed by atoms with Crippen molar-refractivity contribution in [2.24, 2.45) is 0 Å². The first-order valence-corrected chi connectivity index (χ1v) is 9.76. The molecule has 0 radical (unpaired) electrons. The Morgan fingerprint density at radius 3 is 2.32 bits per heavy atom. The van der Waals surface area contributed by atoms with Crippen molar-refractivity contribution in [3.8, 4) is 5.75 Å². The Labute approximate surface area is 165 Å². The molecule has 1 atom stereocenters. The van der Waals surface area contributed by atoms with Crippen LogP contribution in [0.4, 0.5) is 4.39 Å². The van der Waals surface area contributed by atoms with Gasteiger partial charge in [0.25, 0.3) is 0 Å². The second-order valence-corrected chi connectivity index (χ2v) is 7.09. The zero-order valence-electron chi connectivity index (χ0n) is 15.9. The molecule has 1 saturated heterocycles. The van der Waals surface area contributed by atoms with Gasteiger partial charge >= 0.3 is 0 Å². The van der Waals surface area contributed by atoms with E-state index in [2.05, 4.69) is 34.5 Å². The third-order valence-electron chi connectivity index (χ3n) is 5.10. The minimum Gasteiger partial charge on any atom is -0.489 e. The van der Waals surface area contributed by atoms with Crippen LogP contribution in [0.2, 0.25) is 0 Å². The number of rotatable bonds is 6. The number of hydrogen-bond donors (Lipinski definition) is 1. The molecule has 3 aromatic rings. The average molecular weight is 376 g/mol. The Kier molecular flexibility index (Phi) is 6.00. The van der Waals surface area contributed by atoms with Gasteiger partial charge in [0.1, 0.15) is 18.2 Å². The van der Waals surface area contributed by atoms with Crippen molar-refractivity contribution in [2.75, 3.05) is 26.2 Å². The van der Waals surface area contributed by atoms with Crippen molar-refractivity contribution in [1.82, 2.24) is 10.2 Å². The van der Waals surface area contributed by atoms with Crippen molar-refractivity contribution < 1.29 is 9.13 Å². The van der Waals surface area contributed by atoms with E-state index in [0.717, 1.165) is 48.6 Å². The Balaban J connectivity index is 1.60. The molecule has 4 rings (SSSR count). The van der Waals surface area contributed by atoms with E-state index < -0.39 is 0 Å². The van der Waals surface area contributed by atoms with Gasteiger partial charge in [-0.2, -0.15) is 0 Å². The number of nitrogens with zero attached hydrogens (tertiary/aromatic N) is 1. The summed E-state index contributed by atoms with van der Waals surface area (Å²) in [4.78, 5) is 2.40. The van der Waals surface area contributed by atoms with Gasteiger partial charge in [0, 0.05) is 26.2 Å². The summed E-state index contributed by atoms with van der Waals surface area (Å²) in [6.07, 6.45) is 0. The maximum Gasteiger partial charge on any atom is 0.123 e. The summed E-state index contributed by atoms with van der Waals surface area (Å²) in [5, 5.41) is 3.39. The largest absolute Gasteiger partial charge is 0.489 e. The van der Waals surface area contributed by atoms with Crippen LogP contribution in [-0.4, -0.2) is 31.1 Å². The smallest absolute Gasteiger partial charge is 0.123 e. The zero-order chi connectivity index (χ0) is 19.2. The number of benzene rings is 3. The highest BCUT2D eigenvalue weighted by atomic mass is 19.1. The summed E-state index contributed by atoms with van der Waals surface area (Å²) >= 11 is 0. The molecular weight excluding hydrogens is 351 g/mol. The van der Waals surface area contributed by atoms with E-state index in [1.165, 1.54) is 6.07 Å². The van der Waals surface area contributed by atoms with Crippen LogP contribution in [-0.2, 0) is 6.61 Å². The van der Waals surface area contributed by atoms with E-state index in [0.29, 0.717) is 6.61 Å². The van der Waals surface area contributed by atoms with Crippen LogP contribution in [0, 0.1) is 5.82 Å². The Morgan fingerprint density at radius 2 is 1.57 bits per heavy atom. The molecule has 1 aliphatic rings. The standard InChI is InChI=1S/C24H25FN2O/c25-22-10-4-8-20(16-22)24(27-14-12-26-13-15-27)21-9-5-11-23(17-21)28-18-19-6-2-1-3-7-19/h1-11,16-17,24,26H,12-15,18H2. The third kappa shape index (κ3) is 4.58. The number of hydrogen-bond acceptors (Lipinski definition) is 3. The SMILES string of the molecule is Fc1cccc(C(c2cccc(OCc3ccccc3)c2)N2CCNCC2)c1. The van der Waals surface area contributed by atoms with E-state index in [1.54, 1.807) is 12.1 Å². The predicted molar refractivity (Wildman–Crippen MR) is 110 cm³/mol. The minimum absolute atomic E-state index is 0.0121. The van der Waals surface area contributed by atoms with E-state index >= 15 is 0 Å². The van der Waals surface area contributed by atoms with Crippen molar-refractivity contribution in [1.29, 1.82) is 0 Å². The van der Waals surface area contributed by atoms with Crippen LogP contribution in [0.1, 0.15) is 22.7 Å². The Hall–Kier alpha value is -2.69. The molecule has 28 heavy (non-hydrogen) atoms. The fourth-order valence-corrected chi connectivity index (χ4v) is 3.75. The molecule has 0 bridgehead atoms. The average Bonchev–Trinajstić information content (AvgIpc) is 2.74. The lowest BCUT2D eigenvalue weighted by Gasteiger charge is -2.35. The van der Waals surface area contributed by atoms with Crippen molar-refractivity contribution in [3.63, 3.8) is 0 Å². The van der Waals surface area contributed by atoms with E-state index in [-0.39, 0.29) is 11.9 Å². The molecule has 0 saturated carbocycles. The highest BCUT2D eigenvalue weighted by Crippen LogP contribution is 2.31. The topological polar surface area (TPSA) is 24.5 Å². The van der Waals surface area contributed by atoms with E-state index in [1.807, 2.05) is 36.4 Å². The van der Waals surface area contributed by atoms with Gasteiger partial charge in [-0.05, 0) is 41.0 Å². The monoisotopic (exact) mass is 376 g/mol. The third-order valence-corrected chi connectivity index (χ3v) is 5.10. The summed E-state index contributed by atoms with van der Waals surface area (Å²) in [7, 11) is 0. The number of nitrogens with one attached hydrogen (secondary N) is 1. The summed E-state index contributed by atoms with van der Waals surface area (Å²) in [6, 6.07) is 25.3. The van der Waals surface area contributed by atoms with E-state index in [9.17, 15) is 4.39 Å². The van der Waals surface area contributed by atoms with Crippen LogP contribution in [0.15, 0.2) is 78.9 Å². The second kappa shape index (κ2) is 9.00. The summed E-state index contributed by atoms with van der Waals surface area (Å²) in [5.41, 5.74) is 3.23. The first-order valence-electron chi connectivity index (χ1n) is 9.76. The molecule has 0 amide bonds. The van der Waals surface area contributed by atoms with Crippen LogP contribution in [0.3, 0.4) is 0 Å². The Morgan fingerprint density at radius 1 is 0.857 bits per heavy atom. The van der Waals surface area contributed by atoms with Crippen molar-refractivity contribution in [3.05, 3.63) is 101 Å². The molecule has 1 aliphatic heterocycles. The van der Waals surface area contributed by atoms with Crippen LogP contribution >= 0.6 is 0 Å². The lowest BCUT2D eigenvalue weighted by molar-refractivity contribution is 0.197. The van der Waals surface area contributed by atoms with Crippen LogP contribution in [0.5, 0.6) is 5.75 Å². The number of piperazine rings is 1. The second-order valence-electron chi connectivity index (χ2n) is 7.09. The number of halogens is 1. The van der Waals surface area contributed by atoms with Gasteiger partial charge in [-0.15, -0.1) is 0 Å². The lowest BCUT2D eigenvalue weighted by Crippen LogP contribution is -2.45. The first kappa shape index (κ1) is 18.7. The van der Waals surface area contributed by atoms with Gasteiger partial charge in [-0.1, -0.05) is 54.6 Å². The van der Waals surface area contributed by atoms with Gasteiger partial charge in [0.15, 0.2) is 0 Å².